The van der Waals surface area contributed by atoms with E-state index >= 15 is 0 Å². The molecule has 2 fully saturated rings. The van der Waals surface area contributed by atoms with Crippen molar-refractivity contribution < 1.29 is 4.74 Å². The first-order valence-electron chi connectivity index (χ1n) is 7.87. The average Bonchev–Trinajstić information content (AvgIpc) is 3.38. The smallest absolute Gasteiger partial charge is 0.121 e. The van der Waals surface area contributed by atoms with Crippen LogP contribution in [0.4, 0.5) is 5.69 Å². The number of hydrogen-bond donors (Lipinski definition) is 1. The zero-order chi connectivity index (χ0) is 14.7. The Hall–Kier alpha value is -1.73. The molecule has 4 heteroatoms. The van der Waals surface area contributed by atoms with Crippen LogP contribution in [0.1, 0.15) is 31.2 Å². The van der Waals surface area contributed by atoms with Gasteiger partial charge in [-0.2, -0.15) is 5.26 Å². The molecule has 1 aromatic rings. The minimum Gasteiger partial charge on any atom is -0.497 e. The summed E-state index contributed by atoms with van der Waals surface area (Å²) < 4.78 is 5.35. The molecule has 4 nitrogen and oxygen atoms in total. The number of rotatable bonds is 5. The summed E-state index contributed by atoms with van der Waals surface area (Å²) in [5.74, 6) is 1.51. The Morgan fingerprint density at radius 3 is 2.86 bits per heavy atom. The van der Waals surface area contributed by atoms with Crippen LogP contribution in [0, 0.1) is 17.2 Å². The number of hydrogen-bond acceptors (Lipinski definition) is 4. The van der Waals surface area contributed by atoms with Crippen LogP contribution in [-0.2, 0) is 0 Å². The monoisotopic (exact) mass is 285 g/mol. The van der Waals surface area contributed by atoms with Crippen LogP contribution in [0.2, 0.25) is 0 Å². The van der Waals surface area contributed by atoms with Crippen LogP contribution in [0.3, 0.4) is 0 Å². The van der Waals surface area contributed by atoms with Crippen molar-refractivity contribution in [2.24, 2.45) is 5.92 Å². The van der Waals surface area contributed by atoms with Crippen LogP contribution in [0.5, 0.6) is 5.75 Å². The van der Waals surface area contributed by atoms with Gasteiger partial charge < -0.3 is 15.0 Å². The van der Waals surface area contributed by atoms with Crippen molar-refractivity contribution in [2.75, 3.05) is 31.6 Å². The number of methoxy groups -OCH3 is 1. The van der Waals surface area contributed by atoms with Crippen molar-refractivity contribution >= 4 is 5.69 Å². The molecule has 2 aliphatic rings. The molecule has 3 rings (SSSR count). The molecule has 1 heterocycles. The minimum atomic E-state index is 0.603. The predicted molar refractivity (Wildman–Crippen MR) is 83.7 cm³/mol. The first-order valence-corrected chi connectivity index (χ1v) is 7.87. The molecule has 0 radical (unpaired) electrons. The normalized spacial score (nSPS) is 21.6. The molecule has 1 aromatic carbocycles. The Morgan fingerprint density at radius 2 is 2.24 bits per heavy atom. The molecule has 0 aromatic heterocycles. The van der Waals surface area contributed by atoms with Crippen molar-refractivity contribution in [3.63, 3.8) is 0 Å². The molecule has 1 aliphatic carbocycles. The van der Waals surface area contributed by atoms with E-state index in [9.17, 15) is 5.26 Å². The molecular weight excluding hydrogens is 262 g/mol. The summed E-state index contributed by atoms with van der Waals surface area (Å²) in [6.45, 7) is 3.27. The fraction of sp³-hybridized carbons (Fsp3) is 0.588. The SMILES string of the molecule is COc1ccc(C#N)c(N(CC2CCCNC2)C2CC2)c1. The van der Waals surface area contributed by atoms with Crippen LogP contribution in [0.25, 0.3) is 0 Å². The molecule has 112 valence electrons. The lowest BCUT2D eigenvalue weighted by Gasteiger charge is -2.32. The molecular formula is C17H23N3O. The molecule has 1 aliphatic heterocycles. The number of nitrogens with one attached hydrogen (secondary N) is 1. The zero-order valence-corrected chi connectivity index (χ0v) is 12.6. The van der Waals surface area contributed by atoms with E-state index in [4.69, 9.17) is 4.74 Å². The second-order valence-corrected chi connectivity index (χ2v) is 6.09. The van der Waals surface area contributed by atoms with E-state index in [1.165, 1.54) is 25.7 Å². The standard InChI is InChI=1S/C17H23N3O/c1-21-16-7-4-14(10-18)17(9-16)20(15-5-6-15)12-13-3-2-8-19-11-13/h4,7,9,13,15,19H,2-3,5-6,8,11-12H2,1H3. The largest absolute Gasteiger partial charge is 0.497 e. The Kier molecular flexibility index (Phi) is 4.31. The molecule has 1 atom stereocenters. The lowest BCUT2D eigenvalue weighted by Crippen LogP contribution is -2.39. The van der Waals surface area contributed by atoms with Gasteiger partial charge in [0, 0.05) is 18.7 Å². The van der Waals surface area contributed by atoms with Gasteiger partial charge in [0.25, 0.3) is 0 Å². The van der Waals surface area contributed by atoms with Gasteiger partial charge in [-0.25, -0.2) is 0 Å². The third-order valence-corrected chi connectivity index (χ3v) is 4.48. The van der Waals surface area contributed by atoms with Crippen molar-refractivity contribution in [3.8, 4) is 11.8 Å². The molecule has 1 unspecified atom stereocenters. The summed E-state index contributed by atoms with van der Waals surface area (Å²) in [4.78, 5) is 2.44. The number of anilines is 1. The van der Waals surface area contributed by atoms with E-state index in [0.717, 1.165) is 36.6 Å². The van der Waals surface area contributed by atoms with E-state index < -0.39 is 0 Å². The van der Waals surface area contributed by atoms with Gasteiger partial charge in [0.05, 0.1) is 18.4 Å². The quantitative estimate of drug-likeness (QED) is 0.903. The highest BCUT2D eigenvalue weighted by atomic mass is 16.5. The molecule has 1 N–H and O–H groups in total. The first kappa shape index (κ1) is 14.2. The molecule has 0 spiro atoms. The van der Waals surface area contributed by atoms with Gasteiger partial charge >= 0.3 is 0 Å². The van der Waals surface area contributed by atoms with E-state index in [1.807, 2.05) is 18.2 Å². The summed E-state index contributed by atoms with van der Waals surface area (Å²) in [5, 5.41) is 12.9. The second-order valence-electron chi connectivity index (χ2n) is 6.09. The third kappa shape index (κ3) is 3.30. The van der Waals surface area contributed by atoms with Crippen molar-refractivity contribution in [1.82, 2.24) is 5.32 Å². The lowest BCUT2D eigenvalue weighted by molar-refractivity contribution is 0.375. The van der Waals surface area contributed by atoms with Crippen LogP contribution in [0.15, 0.2) is 18.2 Å². The van der Waals surface area contributed by atoms with Crippen molar-refractivity contribution in [3.05, 3.63) is 23.8 Å². The maximum absolute atomic E-state index is 9.41. The van der Waals surface area contributed by atoms with Crippen LogP contribution >= 0.6 is 0 Å². The highest BCUT2D eigenvalue weighted by Gasteiger charge is 2.32. The number of nitriles is 1. The maximum atomic E-state index is 9.41. The molecule has 0 amide bonds. The van der Waals surface area contributed by atoms with Crippen molar-refractivity contribution in [1.29, 1.82) is 5.26 Å². The summed E-state index contributed by atoms with van der Waals surface area (Å²) in [7, 11) is 1.68. The van der Waals surface area contributed by atoms with E-state index in [1.54, 1.807) is 7.11 Å². The fourth-order valence-electron chi connectivity index (χ4n) is 3.16. The Labute approximate surface area is 126 Å². The Balaban J connectivity index is 1.84. The van der Waals surface area contributed by atoms with E-state index in [2.05, 4.69) is 16.3 Å². The van der Waals surface area contributed by atoms with Gasteiger partial charge in [0.15, 0.2) is 0 Å². The van der Waals surface area contributed by atoms with Gasteiger partial charge in [0.2, 0.25) is 0 Å². The van der Waals surface area contributed by atoms with Gasteiger partial charge in [-0.15, -0.1) is 0 Å². The van der Waals surface area contributed by atoms with Gasteiger partial charge in [0.1, 0.15) is 11.8 Å². The van der Waals surface area contributed by atoms with E-state index in [0.29, 0.717) is 12.0 Å². The number of ether oxygens (including phenoxy) is 1. The van der Waals surface area contributed by atoms with Gasteiger partial charge in [-0.1, -0.05) is 0 Å². The molecule has 21 heavy (non-hydrogen) atoms. The molecule has 1 saturated heterocycles. The fourth-order valence-corrected chi connectivity index (χ4v) is 3.16. The van der Waals surface area contributed by atoms with Gasteiger partial charge in [-0.3, -0.25) is 0 Å². The van der Waals surface area contributed by atoms with Crippen LogP contribution in [-0.4, -0.2) is 32.8 Å². The number of piperidine rings is 1. The molecule has 1 saturated carbocycles. The average molecular weight is 285 g/mol. The summed E-state index contributed by atoms with van der Waals surface area (Å²) in [5.41, 5.74) is 1.80. The van der Waals surface area contributed by atoms with Crippen LogP contribution < -0.4 is 15.0 Å². The minimum absolute atomic E-state index is 0.603. The highest BCUT2D eigenvalue weighted by Crippen LogP contribution is 2.36. The zero-order valence-electron chi connectivity index (χ0n) is 12.6. The Bertz CT molecular complexity index is 527. The highest BCUT2D eigenvalue weighted by molar-refractivity contribution is 5.63. The predicted octanol–water partition coefficient (Wildman–Crippen LogP) is 2.54. The third-order valence-electron chi connectivity index (χ3n) is 4.48. The van der Waals surface area contributed by atoms with Crippen molar-refractivity contribution in [2.45, 2.75) is 31.7 Å². The maximum Gasteiger partial charge on any atom is 0.121 e. The number of benzene rings is 1. The lowest BCUT2D eigenvalue weighted by atomic mass is 9.98. The van der Waals surface area contributed by atoms with Gasteiger partial charge in [-0.05, 0) is 56.8 Å². The summed E-state index contributed by atoms with van der Waals surface area (Å²) in [6, 6.07) is 8.71. The first-order chi connectivity index (χ1) is 10.3. The summed E-state index contributed by atoms with van der Waals surface area (Å²) in [6.07, 6.45) is 5.01. The topological polar surface area (TPSA) is 48.3 Å². The second kappa shape index (κ2) is 6.36. The van der Waals surface area contributed by atoms with E-state index in [-0.39, 0.29) is 0 Å². The molecule has 0 bridgehead atoms. The summed E-state index contributed by atoms with van der Waals surface area (Å²) >= 11 is 0. The number of nitrogens with zero attached hydrogens (tertiary/aromatic N) is 2. The Morgan fingerprint density at radius 1 is 1.38 bits per heavy atom.